The molecule has 8 heteroatoms. The lowest BCUT2D eigenvalue weighted by Gasteiger charge is -2.08. The first-order chi connectivity index (χ1) is 10.5. The molecule has 0 atom stereocenters. The third-order valence-electron chi connectivity index (χ3n) is 2.82. The van der Waals surface area contributed by atoms with Crippen molar-refractivity contribution in [2.24, 2.45) is 0 Å². The minimum atomic E-state index is -0.532. The number of hydrogen-bond acceptors (Lipinski definition) is 5. The second-order valence-corrected chi connectivity index (χ2v) is 5.62. The number of benzene rings is 1. The highest BCUT2D eigenvalue weighted by atomic mass is 79.9. The van der Waals surface area contributed by atoms with Gasteiger partial charge in [-0.3, -0.25) is 14.9 Å². The predicted molar refractivity (Wildman–Crippen MR) is 84.6 cm³/mol. The summed E-state index contributed by atoms with van der Waals surface area (Å²) < 4.78 is 6.21. The molecule has 1 aromatic carbocycles. The molecule has 22 heavy (non-hydrogen) atoms. The summed E-state index contributed by atoms with van der Waals surface area (Å²) in [5.41, 5.74) is 0.772. The number of hydrogen-bond donors (Lipinski definition) is 0. The van der Waals surface area contributed by atoms with E-state index in [2.05, 4.69) is 20.9 Å². The molecule has 0 radical (unpaired) electrons. The highest BCUT2D eigenvalue weighted by Gasteiger charge is 2.13. The maximum atomic E-state index is 10.9. The largest absolute Gasteiger partial charge is 0.491 e. The Bertz CT molecular complexity index is 724. The lowest BCUT2D eigenvalue weighted by atomic mass is 10.1. The molecule has 2 rings (SSSR count). The maximum Gasteiger partial charge on any atom is 0.288 e. The van der Waals surface area contributed by atoms with Crippen LogP contribution in [0.15, 0.2) is 34.9 Å². The molecule has 0 aliphatic rings. The van der Waals surface area contributed by atoms with E-state index in [9.17, 15) is 14.9 Å². The molecule has 0 bridgehead atoms. The monoisotopic (exact) mass is 384 g/mol. The predicted octanol–water partition coefficient (Wildman–Crippen LogP) is 3.84. The zero-order valence-electron chi connectivity index (χ0n) is 11.2. The number of nitrogens with zero attached hydrogens (tertiary/aromatic N) is 2. The summed E-state index contributed by atoms with van der Waals surface area (Å²) in [6.07, 6.45) is 2.54. The number of pyridine rings is 1. The molecule has 114 valence electrons. The number of carbonyl (C=O) groups excluding carboxylic acids is 1. The van der Waals surface area contributed by atoms with Gasteiger partial charge in [0.05, 0.1) is 11.5 Å². The van der Waals surface area contributed by atoms with Crippen molar-refractivity contribution in [1.82, 2.24) is 4.98 Å². The highest BCUT2D eigenvalue weighted by Crippen LogP contribution is 2.25. The minimum Gasteiger partial charge on any atom is -0.491 e. The van der Waals surface area contributed by atoms with Crippen molar-refractivity contribution in [2.75, 3.05) is 6.61 Å². The van der Waals surface area contributed by atoms with Gasteiger partial charge >= 0.3 is 0 Å². The van der Waals surface area contributed by atoms with E-state index >= 15 is 0 Å². The Hall–Kier alpha value is -1.99. The number of aromatic nitrogens is 1. The van der Waals surface area contributed by atoms with Crippen molar-refractivity contribution in [2.45, 2.75) is 6.42 Å². The number of rotatable bonds is 6. The number of nitro benzene ring substituents is 1. The average molecular weight is 386 g/mol. The summed E-state index contributed by atoms with van der Waals surface area (Å²) in [7, 11) is 0. The van der Waals surface area contributed by atoms with Gasteiger partial charge in [-0.2, -0.15) is 0 Å². The second-order valence-electron chi connectivity index (χ2n) is 4.30. The summed E-state index contributed by atoms with van der Waals surface area (Å²) in [5, 5.41) is 10.9. The van der Waals surface area contributed by atoms with Crippen molar-refractivity contribution in [3.8, 4) is 5.75 Å². The van der Waals surface area contributed by atoms with Gasteiger partial charge in [0, 0.05) is 23.2 Å². The number of halogens is 2. The summed E-state index contributed by atoms with van der Waals surface area (Å²) >= 11 is 9.00. The van der Waals surface area contributed by atoms with Crippen molar-refractivity contribution < 1.29 is 14.5 Å². The van der Waals surface area contributed by atoms with E-state index in [0.29, 0.717) is 28.5 Å². The zero-order valence-corrected chi connectivity index (χ0v) is 13.5. The second kappa shape index (κ2) is 7.33. The molecule has 0 saturated carbocycles. The number of ether oxygens (including phenoxy) is 1. The fraction of sp³-hybridized carbons (Fsp3) is 0.143. The van der Waals surface area contributed by atoms with Crippen molar-refractivity contribution in [3.05, 3.63) is 61.3 Å². The molecule has 1 aromatic heterocycles. The molecule has 0 saturated heterocycles. The first-order valence-electron chi connectivity index (χ1n) is 6.17. The van der Waals surface area contributed by atoms with Crippen LogP contribution in [0.1, 0.15) is 16.1 Å². The fourth-order valence-corrected chi connectivity index (χ4v) is 2.26. The lowest BCUT2D eigenvalue weighted by molar-refractivity contribution is -0.384. The summed E-state index contributed by atoms with van der Waals surface area (Å²) in [6.45, 7) is 0.248. The molecular weight excluding hydrogens is 376 g/mol. The van der Waals surface area contributed by atoms with Gasteiger partial charge in [0.2, 0.25) is 0 Å². The fourth-order valence-electron chi connectivity index (χ4n) is 1.77. The highest BCUT2D eigenvalue weighted by molar-refractivity contribution is 9.10. The van der Waals surface area contributed by atoms with Crippen LogP contribution in [0.25, 0.3) is 0 Å². The Morgan fingerprint density at radius 3 is 2.86 bits per heavy atom. The molecule has 0 amide bonds. The zero-order chi connectivity index (χ0) is 16.1. The molecule has 0 fully saturated rings. The molecule has 0 spiro atoms. The number of aldehydes is 1. The Kier molecular flexibility index (Phi) is 5.46. The maximum absolute atomic E-state index is 10.9. The Balaban J connectivity index is 2.05. The Labute approximate surface area is 139 Å². The van der Waals surface area contributed by atoms with Crippen LogP contribution in [0.5, 0.6) is 5.75 Å². The van der Waals surface area contributed by atoms with Gasteiger partial charge in [-0.1, -0.05) is 17.7 Å². The number of carbonyl (C=O) groups is 1. The van der Waals surface area contributed by atoms with Gasteiger partial charge in [-0.05, 0) is 33.6 Å². The van der Waals surface area contributed by atoms with Gasteiger partial charge in [-0.15, -0.1) is 0 Å². The minimum absolute atomic E-state index is 0.0918. The van der Waals surface area contributed by atoms with Crippen LogP contribution in [0.3, 0.4) is 0 Å². The van der Waals surface area contributed by atoms with Gasteiger partial charge < -0.3 is 4.74 Å². The lowest BCUT2D eigenvalue weighted by Crippen LogP contribution is -2.04. The van der Waals surface area contributed by atoms with E-state index in [1.54, 1.807) is 12.1 Å². The van der Waals surface area contributed by atoms with Crippen LogP contribution in [-0.4, -0.2) is 22.8 Å². The van der Waals surface area contributed by atoms with Crippen LogP contribution in [0, 0.1) is 10.1 Å². The molecule has 0 N–H and O–H groups in total. The Morgan fingerprint density at radius 1 is 1.41 bits per heavy atom. The third kappa shape index (κ3) is 4.02. The quantitative estimate of drug-likeness (QED) is 0.428. The molecule has 0 aliphatic heterocycles. The van der Waals surface area contributed by atoms with Gasteiger partial charge in [0.1, 0.15) is 16.5 Å². The Morgan fingerprint density at radius 2 is 2.18 bits per heavy atom. The summed E-state index contributed by atoms with van der Waals surface area (Å²) in [4.78, 5) is 25.1. The van der Waals surface area contributed by atoms with E-state index in [1.165, 1.54) is 18.3 Å². The molecule has 6 nitrogen and oxygen atoms in total. The van der Waals surface area contributed by atoms with Crippen LogP contribution in [0.2, 0.25) is 5.02 Å². The van der Waals surface area contributed by atoms with Gasteiger partial charge in [0.25, 0.3) is 5.69 Å². The topological polar surface area (TPSA) is 82.3 Å². The molecule has 0 aliphatic carbocycles. The number of nitro groups is 1. The van der Waals surface area contributed by atoms with Gasteiger partial charge in [0.15, 0.2) is 6.29 Å². The average Bonchev–Trinajstić information content (AvgIpc) is 2.49. The standard InChI is InChI=1S/C14H10BrClN2O4/c15-10-6-14(12(8-19)17-7-10)22-4-3-9-1-2-11(16)13(5-9)18(20)21/h1-2,5-8H,3-4H2. The first-order valence-corrected chi connectivity index (χ1v) is 7.34. The van der Waals surface area contributed by atoms with Gasteiger partial charge in [-0.25, -0.2) is 4.98 Å². The summed E-state index contributed by atoms with van der Waals surface area (Å²) in [6, 6.07) is 6.22. The molecule has 0 unspecified atom stereocenters. The van der Waals surface area contributed by atoms with Crippen LogP contribution in [0.4, 0.5) is 5.69 Å². The van der Waals surface area contributed by atoms with E-state index in [-0.39, 0.29) is 23.0 Å². The van der Waals surface area contributed by atoms with Crippen LogP contribution in [-0.2, 0) is 6.42 Å². The van der Waals surface area contributed by atoms with Crippen molar-refractivity contribution >= 4 is 39.5 Å². The van der Waals surface area contributed by atoms with Crippen molar-refractivity contribution in [3.63, 3.8) is 0 Å². The molecular formula is C14H10BrClN2O4. The molecule has 2 aromatic rings. The molecule has 1 heterocycles. The summed E-state index contributed by atoms with van der Waals surface area (Å²) in [5.74, 6) is 0.354. The smallest absolute Gasteiger partial charge is 0.288 e. The van der Waals surface area contributed by atoms with Crippen LogP contribution >= 0.6 is 27.5 Å². The van der Waals surface area contributed by atoms with Crippen LogP contribution < -0.4 is 4.74 Å². The third-order valence-corrected chi connectivity index (χ3v) is 3.57. The van der Waals surface area contributed by atoms with E-state index in [0.717, 1.165) is 0 Å². The normalized spacial score (nSPS) is 10.3. The van der Waals surface area contributed by atoms with E-state index in [1.807, 2.05) is 0 Å². The SMILES string of the molecule is O=Cc1ncc(Br)cc1OCCc1ccc(Cl)c([N+](=O)[O-])c1. The van der Waals surface area contributed by atoms with E-state index < -0.39 is 4.92 Å². The first kappa shape index (κ1) is 16.4. The van der Waals surface area contributed by atoms with Crippen molar-refractivity contribution in [1.29, 1.82) is 0 Å². The van der Waals surface area contributed by atoms with E-state index in [4.69, 9.17) is 16.3 Å².